The molecule has 0 aliphatic carbocycles. The number of nitrogens with zero attached hydrogens (tertiary/aromatic N) is 1. The normalized spacial score (nSPS) is 18.6. The van der Waals surface area contributed by atoms with Crippen molar-refractivity contribution in [2.75, 3.05) is 26.7 Å². The number of nitrogens with two attached hydrogens (primary N) is 1. The van der Waals surface area contributed by atoms with Gasteiger partial charge in [-0.05, 0) is 43.5 Å². The number of benzene rings is 1. The van der Waals surface area contributed by atoms with Crippen LogP contribution in [-0.2, 0) is 0 Å². The number of hydrogen-bond donors (Lipinski definition) is 2. The molecule has 1 aromatic carbocycles. The minimum absolute atomic E-state index is 0.00828. The lowest BCUT2D eigenvalue weighted by atomic mass is 10.1. The number of aromatic hydroxyl groups is 1. The van der Waals surface area contributed by atoms with E-state index < -0.39 is 0 Å². The molecule has 5 heteroatoms. The summed E-state index contributed by atoms with van der Waals surface area (Å²) in [6.07, 6.45) is 1.96. The Hall–Kier alpha value is -1.75. The van der Waals surface area contributed by atoms with Crippen LogP contribution in [0, 0.1) is 5.92 Å². The molecule has 1 atom stereocenters. The third-order valence-corrected chi connectivity index (χ3v) is 3.57. The maximum absolute atomic E-state index is 12.3. The molecule has 1 heterocycles. The second-order valence-electron chi connectivity index (χ2n) is 4.87. The molecule has 1 amide bonds. The topological polar surface area (TPSA) is 75.8 Å². The molecule has 0 aromatic heterocycles. The Kier molecular flexibility index (Phi) is 4.27. The number of carbonyl (C=O) groups is 1. The summed E-state index contributed by atoms with van der Waals surface area (Å²) in [4.78, 5) is 14.1. The quantitative estimate of drug-likeness (QED) is 0.857. The van der Waals surface area contributed by atoms with Gasteiger partial charge in [0.2, 0.25) is 0 Å². The van der Waals surface area contributed by atoms with Gasteiger partial charge in [0.1, 0.15) is 0 Å². The zero-order valence-electron chi connectivity index (χ0n) is 11.1. The highest BCUT2D eigenvalue weighted by atomic mass is 16.5. The molecule has 1 aliphatic heterocycles. The van der Waals surface area contributed by atoms with Crippen LogP contribution in [-0.4, -0.2) is 42.7 Å². The second-order valence-corrected chi connectivity index (χ2v) is 4.87. The molecule has 104 valence electrons. The van der Waals surface area contributed by atoms with Gasteiger partial charge in [-0.15, -0.1) is 0 Å². The van der Waals surface area contributed by atoms with Crippen LogP contribution in [0.15, 0.2) is 18.2 Å². The summed E-state index contributed by atoms with van der Waals surface area (Å²) in [7, 11) is 1.48. The molecule has 0 saturated carbocycles. The van der Waals surface area contributed by atoms with Crippen molar-refractivity contribution in [1.29, 1.82) is 0 Å². The number of phenols is 1. The maximum Gasteiger partial charge on any atom is 0.254 e. The molecule has 1 fully saturated rings. The van der Waals surface area contributed by atoms with Gasteiger partial charge >= 0.3 is 0 Å². The first-order chi connectivity index (χ1) is 9.15. The van der Waals surface area contributed by atoms with Gasteiger partial charge in [-0.25, -0.2) is 0 Å². The number of carbonyl (C=O) groups excluding carboxylic acids is 1. The maximum atomic E-state index is 12.3. The standard InChI is InChI=1S/C14H20N2O3/c1-19-13-3-2-11(8-12(13)17)14(18)16-7-5-10(9-16)4-6-15/h2-3,8,10,17H,4-7,9,15H2,1H3. The van der Waals surface area contributed by atoms with Crippen molar-refractivity contribution in [2.45, 2.75) is 12.8 Å². The first-order valence-electron chi connectivity index (χ1n) is 6.52. The third kappa shape index (κ3) is 2.98. The number of ether oxygens (including phenoxy) is 1. The second kappa shape index (κ2) is 5.93. The average Bonchev–Trinajstić information content (AvgIpc) is 2.87. The highest BCUT2D eigenvalue weighted by Crippen LogP contribution is 2.28. The fourth-order valence-corrected chi connectivity index (χ4v) is 2.49. The molecule has 1 saturated heterocycles. The van der Waals surface area contributed by atoms with E-state index in [4.69, 9.17) is 10.5 Å². The summed E-state index contributed by atoms with van der Waals surface area (Å²) >= 11 is 0. The zero-order chi connectivity index (χ0) is 13.8. The smallest absolute Gasteiger partial charge is 0.254 e. The van der Waals surface area contributed by atoms with Gasteiger partial charge in [0, 0.05) is 18.7 Å². The lowest BCUT2D eigenvalue weighted by Gasteiger charge is -2.17. The number of hydrogen-bond acceptors (Lipinski definition) is 4. The minimum atomic E-state index is -0.0440. The number of phenolic OH excluding ortho intramolecular Hbond substituents is 1. The number of rotatable bonds is 4. The van der Waals surface area contributed by atoms with E-state index >= 15 is 0 Å². The molecule has 2 rings (SSSR count). The SMILES string of the molecule is COc1ccc(C(=O)N2CCC(CCN)C2)cc1O. The summed E-state index contributed by atoms with van der Waals surface area (Å²) < 4.78 is 4.97. The summed E-state index contributed by atoms with van der Waals surface area (Å²) in [5, 5.41) is 9.71. The highest BCUT2D eigenvalue weighted by molar-refractivity contribution is 5.95. The highest BCUT2D eigenvalue weighted by Gasteiger charge is 2.26. The molecule has 1 aliphatic rings. The van der Waals surface area contributed by atoms with E-state index in [1.54, 1.807) is 12.1 Å². The molecular weight excluding hydrogens is 244 g/mol. The van der Waals surface area contributed by atoms with Crippen molar-refractivity contribution in [3.63, 3.8) is 0 Å². The molecule has 19 heavy (non-hydrogen) atoms. The van der Waals surface area contributed by atoms with E-state index in [2.05, 4.69) is 0 Å². The van der Waals surface area contributed by atoms with E-state index in [1.165, 1.54) is 13.2 Å². The van der Waals surface area contributed by atoms with Gasteiger partial charge in [-0.1, -0.05) is 0 Å². The van der Waals surface area contributed by atoms with Crippen LogP contribution in [0.4, 0.5) is 0 Å². The molecule has 0 spiro atoms. The molecule has 3 N–H and O–H groups in total. The predicted octanol–water partition coefficient (Wildman–Crippen LogP) is 1.21. The van der Waals surface area contributed by atoms with Gasteiger partial charge < -0.3 is 20.5 Å². The van der Waals surface area contributed by atoms with Crippen molar-refractivity contribution in [3.8, 4) is 11.5 Å². The van der Waals surface area contributed by atoms with Crippen LogP contribution in [0.1, 0.15) is 23.2 Å². The van der Waals surface area contributed by atoms with Crippen molar-refractivity contribution in [2.24, 2.45) is 11.7 Å². The van der Waals surface area contributed by atoms with Gasteiger partial charge in [-0.2, -0.15) is 0 Å². The molecule has 0 bridgehead atoms. The van der Waals surface area contributed by atoms with Crippen molar-refractivity contribution in [3.05, 3.63) is 23.8 Å². The lowest BCUT2D eigenvalue weighted by Crippen LogP contribution is -2.28. The monoisotopic (exact) mass is 264 g/mol. The van der Waals surface area contributed by atoms with Crippen molar-refractivity contribution >= 4 is 5.91 Å². The first-order valence-corrected chi connectivity index (χ1v) is 6.52. The summed E-state index contributed by atoms with van der Waals surface area (Å²) in [5.74, 6) is 0.823. The van der Waals surface area contributed by atoms with Crippen LogP contribution >= 0.6 is 0 Å². The summed E-state index contributed by atoms with van der Waals surface area (Å²) in [6.45, 7) is 2.18. The van der Waals surface area contributed by atoms with Crippen LogP contribution in [0.2, 0.25) is 0 Å². The predicted molar refractivity (Wildman–Crippen MR) is 72.3 cm³/mol. The average molecular weight is 264 g/mol. The molecule has 5 nitrogen and oxygen atoms in total. The fourth-order valence-electron chi connectivity index (χ4n) is 2.49. The van der Waals surface area contributed by atoms with Crippen molar-refractivity contribution in [1.82, 2.24) is 4.90 Å². The minimum Gasteiger partial charge on any atom is -0.504 e. The lowest BCUT2D eigenvalue weighted by molar-refractivity contribution is 0.0786. The van der Waals surface area contributed by atoms with E-state index in [1.807, 2.05) is 4.90 Å². The third-order valence-electron chi connectivity index (χ3n) is 3.57. The van der Waals surface area contributed by atoms with Gasteiger partial charge in [0.15, 0.2) is 11.5 Å². The Labute approximate surface area is 113 Å². The van der Waals surface area contributed by atoms with E-state index in [0.29, 0.717) is 23.8 Å². The molecule has 1 aromatic rings. The molecule has 1 unspecified atom stereocenters. The summed E-state index contributed by atoms with van der Waals surface area (Å²) in [6, 6.07) is 4.74. The van der Waals surface area contributed by atoms with Crippen LogP contribution in [0.3, 0.4) is 0 Å². The molecule has 0 radical (unpaired) electrons. The van der Waals surface area contributed by atoms with Crippen molar-refractivity contribution < 1.29 is 14.6 Å². The van der Waals surface area contributed by atoms with Gasteiger partial charge in [-0.3, -0.25) is 4.79 Å². The first kappa shape index (κ1) is 13.7. The van der Waals surface area contributed by atoms with E-state index in [-0.39, 0.29) is 11.7 Å². The number of methoxy groups -OCH3 is 1. The number of amides is 1. The fraction of sp³-hybridized carbons (Fsp3) is 0.500. The Bertz CT molecular complexity index is 462. The van der Waals surface area contributed by atoms with E-state index in [0.717, 1.165) is 25.9 Å². The van der Waals surface area contributed by atoms with Gasteiger partial charge in [0.05, 0.1) is 7.11 Å². The van der Waals surface area contributed by atoms with Gasteiger partial charge in [0.25, 0.3) is 5.91 Å². The molecular formula is C14H20N2O3. The van der Waals surface area contributed by atoms with E-state index in [9.17, 15) is 9.90 Å². The number of likely N-dealkylation sites (tertiary alicyclic amines) is 1. The Morgan fingerprint density at radius 1 is 1.58 bits per heavy atom. The zero-order valence-corrected chi connectivity index (χ0v) is 11.1. The largest absolute Gasteiger partial charge is 0.504 e. The Morgan fingerprint density at radius 3 is 3.00 bits per heavy atom. The Morgan fingerprint density at radius 2 is 2.37 bits per heavy atom. The summed E-state index contributed by atoms with van der Waals surface area (Å²) in [5.41, 5.74) is 6.03. The van der Waals surface area contributed by atoms with Crippen LogP contribution in [0.5, 0.6) is 11.5 Å². The van der Waals surface area contributed by atoms with Crippen LogP contribution in [0.25, 0.3) is 0 Å². The Balaban J connectivity index is 2.06. The van der Waals surface area contributed by atoms with Crippen LogP contribution < -0.4 is 10.5 Å².